The number of thiophene rings is 1. The quantitative estimate of drug-likeness (QED) is 0.937. The van der Waals surface area contributed by atoms with E-state index in [1.54, 1.807) is 11.3 Å². The van der Waals surface area contributed by atoms with E-state index in [1.807, 2.05) is 29.6 Å². The second-order valence-electron chi connectivity index (χ2n) is 3.29. The molecule has 0 bridgehead atoms. The van der Waals surface area contributed by atoms with E-state index in [2.05, 4.69) is 22.0 Å². The van der Waals surface area contributed by atoms with Gasteiger partial charge in [-0.15, -0.1) is 11.3 Å². The summed E-state index contributed by atoms with van der Waals surface area (Å²) in [6.45, 7) is 1.07. The summed E-state index contributed by atoms with van der Waals surface area (Å²) in [5.41, 5.74) is 6.71. The summed E-state index contributed by atoms with van der Waals surface area (Å²) in [4.78, 5) is 1.21. The molecule has 0 aliphatic heterocycles. The molecule has 0 saturated carbocycles. The minimum atomic E-state index is 0.473. The summed E-state index contributed by atoms with van der Waals surface area (Å²) in [6, 6.07) is 9.95. The largest absolute Gasteiger partial charge is 0.488 e. The fourth-order valence-electron chi connectivity index (χ4n) is 1.42. The van der Waals surface area contributed by atoms with Crippen LogP contribution in [0.5, 0.6) is 5.75 Å². The van der Waals surface area contributed by atoms with Crippen LogP contribution in [0.25, 0.3) is 0 Å². The highest BCUT2D eigenvalue weighted by atomic mass is 79.9. The Morgan fingerprint density at radius 3 is 2.81 bits per heavy atom. The third-order valence-corrected chi connectivity index (χ3v) is 3.82. The third kappa shape index (κ3) is 2.64. The second-order valence-corrected chi connectivity index (χ2v) is 5.18. The first-order chi connectivity index (χ1) is 7.81. The van der Waals surface area contributed by atoms with E-state index < -0.39 is 0 Å². The Bertz CT molecular complexity index is 456. The zero-order valence-electron chi connectivity index (χ0n) is 8.65. The van der Waals surface area contributed by atoms with Crippen molar-refractivity contribution in [2.45, 2.75) is 13.2 Å². The fraction of sp³-hybridized carbons (Fsp3) is 0.167. The van der Waals surface area contributed by atoms with Gasteiger partial charge in [0.25, 0.3) is 0 Å². The number of rotatable bonds is 4. The molecule has 1 aromatic heterocycles. The smallest absolute Gasteiger partial charge is 0.125 e. The number of nitrogens with two attached hydrogens (primary N) is 1. The van der Waals surface area contributed by atoms with Crippen LogP contribution in [0, 0.1) is 0 Å². The third-order valence-electron chi connectivity index (χ3n) is 2.23. The predicted octanol–water partition coefficient (Wildman–Crippen LogP) is 3.55. The molecular weight excluding hydrogens is 286 g/mol. The van der Waals surface area contributed by atoms with Crippen molar-refractivity contribution >= 4 is 27.3 Å². The van der Waals surface area contributed by atoms with Crippen LogP contribution in [0.1, 0.15) is 10.4 Å². The maximum Gasteiger partial charge on any atom is 0.125 e. The molecule has 84 valence electrons. The molecule has 4 heteroatoms. The molecule has 1 aromatic carbocycles. The Hall–Kier alpha value is -0.840. The fourth-order valence-corrected chi connectivity index (χ4v) is 2.54. The second kappa shape index (κ2) is 5.48. The highest BCUT2D eigenvalue weighted by Gasteiger charge is 2.06. The molecule has 0 amide bonds. The minimum Gasteiger partial charge on any atom is -0.488 e. The standard InChI is InChI=1S/C12H12BrNOS/c13-11-4-1-5-12(10(11)7-14)15-8-9-3-2-6-16-9/h1-6H,7-8,14H2. The molecule has 1 heterocycles. The highest BCUT2D eigenvalue weighted by Crippen LogP contribution is 2.27. The van der Waals surface area contributed by atoms with E-state index in [9.17, 15) is 0 Å². The van der Waals surface area contributed by atoms with E-state index in [0.29, 0.717) is 13.2 Å². The summed E-state index contributed by atoms with van der Waals surface area (Å²) in [7, 11) is 0. The zero-order valence-corrected chi connectivity index (χ0v) is 11.1. The molecule has 2 N–H and O–H groups in total. The van der Waals surface area contributed by atoms with Gasteiger partial charge in [-0.1, -0.05) is 28.1 Å². The molecule has 2 rings (SSSR count). The van der Waals surface area contributed by atoms with Gasteiger partial charge in [-0.05, 0) is 23.6 Å². The SMILES string of the molecule is NCc1c(Br)cccc1OCc1cccs1. The van der Waals surface area contributed by atoms with Crippen molar-refractivity contribution in [1.82, 2.24) is 0 Å². The first-order valence-electron chi connectivity index (χ1n) is 4.94. The topological polar surface area (TPSA) is 35.2 Å². The average Bonchev–Trinajstić information content (AvgIpc) is 2.79. The maximum atomic E-state index is 5.75. The lowest BCUT2D eigenvalue weighted by molar-refractivity contribution is 0.306. The van der Waals surface area contributed by atoms with Crippen molar-refractivity contribution in [3.63, 3.8) is 0 Å². The number of ether oxygens (including phenoxy) is 1. The van der Waals surface area contributed by atoms with Crippen molar-refractivity contribution in [2.24, 2.45) is 5.73 Å². The van der Waals surface area contributed by atoms with Crippen molar-refractivity contribution in [1.29, 1.82) is 0 Å². The van der Waals surface area contributed by atoms with Gasteiger partial charge in [-0.25, -0.2) is 0 Å². The van der Waals surface area contributed by atoms with Gasteiger partial charge in [0.1, 0.15) is 12.4 Å². The molecule has 0 saturated heterocycles. The van der Waals surface area contributed by atoms with E-state index >= 15 is 0 Å². The Balaban J connectivity index is 2.12. The van der Waals surface area contributed by atoms with Gasteiger partial charge < -0.3 is 10.5 Å². The van der Waals surface area contributed by atoms with Crippen LogP contribution in [-0.4, -0.2) is 0 Å². The number of benzene rings is 1. The first-order valence-corrected chi connectivity index (χ1v) is 6.61. The normalized spacial score (nSPS) is 10.4. The van der Waals surface area contributed by atoms with Gasteiger partial charge in [0.2, 0.25) is 0 Å². The van der Waals surface area contributed by atoms with Crippen LogP contribution in [0.3, 0.4) is 0 Å². The van der Waals surface area contributed by atoms with Crippen molar-refractivity contribution < 1.29 is 4.74 Å². The van der Waals surface area contributed by atoms with Gasteiger partial charge >= 0.3 is 0 Å². The van der Waals surface area contributed by atoms with Crippen molar-refractivity contribution in [2.75, 3.05) is 0 Å². The summed E-state index contributed by atoms with van der Waals surface area (Å²) in [5.74, 6) is 0.852. The molecule has 0 aliphatic rings. The predicted molar refractivity (Wildman–Crippen MR) is 70.7 cm³/mol. The van der Waals surface area contributed by atoms with Gasteiger partial charge in [0.05, 0.1) is 0 Å². The number of hydrogen-bond donors (Lipinski definition) is 1. The average molecular weight is 298 g/mol. The van der Waals surface area contributed by atoms with E-state index in [-0.39, 0.29) is 0 Å². The Labute approximate surface area is 107 Å². The van der Waals surface area contributed by atoms with Gasteiger partial charge in [0, 0.05) is 21.5 Å². The number of hydrogen-bond acceptors (Lipinski definition) is 3. The van der Waals surface area contributed by atoms with E-state index in [4.69, 9.17) is 10.5 Å². The van der Waals surface area contributed by atoms with Crippen LogP contribution in [0.2, 0.25) is 0 Å². The highest BCUT2D eigenvalue weighted by molar-refractivity contribution is 9.10. The molecular formula is C12H12BrNOS. The van der Waals surface area contributed by atoms with Crippen molar-refractivity contribution in [3.05, 3.63) is 50.6 Å². The van der Waals surface area contributed by atoms with Gasteiger partial charge in [0.15, 0.2) is 0 Å². The lowest BCUT2D eigenvalue weighted by atomic mass is 10.2. The summed E-state index contributed by atoms with van der Waals surface area (Å²) in [6.07, 6.45) is 0. The number of halogens is 1. The minimum absolute atomic E-state index is 0.473. The zero-order chi connectivity index (χ0) is 11.4. The molecule has 0 radical (unpaired) electrons. The molecule has 0 atom stereocenters. The van der Waals surface area contributed by atoms with Crippen LogP contribution in [0.4, 0.5) is 0 Å². The molecule has 0 unspecified atom stereocenters. The molecule has 2 aromatic rings. The Morgan fingerprint density at radius 1 is 1.25 bits per heavy atom. The lowest BCUT2D eigenvalue weighted by Crippen LogP contribution is -2.02. The van der Waals surface area contributed by atoms with Gasteiger partial charge in [-0.2, -0.15) is 0 Å². The molecule has 16 heavy (non-hydrogen) atoms. The van der Waals surface area contributed by atoms with Crippen LogP contribution in [0.15, 0.2) is 40.2 Å². The summed E-state index contributed by atoms with van der Waals surface area (Å²) < 4.78 is 6.75. The van der Waals surface area contributed by atoms with E-state index in [1.165, 1.54) is 4.88 Å². The van der Waals surface area contributed by atoms with Crippen molar-refractivity contribution in [3.8, 4) is 5.75 Å². The first kappa shape index (κ1) is 11.6. The van der Waals surface area contributed by atoms with Crippen LogP contribution >= 0.6 is 27.3 Å². The Kier molecular flexibility index (Phi) is 3.98. The van der Waals surface area contributed by atoms with Gasteiger partial charge in [-0.3, -0.25) is 0 Å². The van der Waals surface area contributed by atoms with Crippen LogP contribution in [-0.2, 0) is 13.2 Å². The van der Waals surface area contributed by atoms with E-state index in [0.717, 1.165) is 15.8 Å². The summed E-state index contributed by atoms with van der Waals surface area (Å²) >= 11 is 5.16. The van der Waals surface area contributed by atoms with Crippen LogP contribution < -0.4 is 10.5 Å². The lowest BCUT2D eigenvalue weighted by Gasteiger charge is -2.10. The summed E-state index contributed by atoms with van der Waals surface area (Å²) in [5, 5.41) is 2.05. The Morgan fingerprint density at radius 2 is 2.12 bits per heavy atom. The monoisotopic (exact) mass is 297 g/mol. The molecule has 0 fully saturated rings. The molecule has 0 aliphatic carbocycles. The molecule has 0 spiro atoms. The maximum absolute atomic E-state index is 5.75. The molecule has 2 nitrogen and oxygen atoms in total.